The molecule has 0 bridgehead atoms. The lowest BCUT2D eigenvalue weighted by atomic mass is 10.1. The molecule has 3 aromatic carbocycles. The molecule has 0 spiro atoms. The van der Waals surface area contributed by atoms with Crippen LogP contribution >= 0.6 is 0 Å². The van der Waals surface area contributed by atoms with Crippen LogP contribution in [-0.4, -0.2) is 23.1 Å². The van der Waals surface area contributed by atoms with Crippen molar-refractivity contribution in [1.82, 2.24) is 5.06 Å². The van der Waals surface area contributed by atoms with E-state index in [0.717, 1.165) is 21.9 Å². The number of hydrogen-bond acceptors (Lipinski definition) is 6. The highest BCUT2D eigenvalue weighted by Crippen LogP contribution is 2.21. The molecule has 0 saturated heterocycles. The van der Waals surface area contributed by atoms with E-state index in [-0.39, 0.29) is 11.9 Å². The summed E-state index contributed by atoms with van der Waals surface area (Å²) >= 11 is 0. The highest BCUT2D eigenvalue weighted by atomic mass is 16.7. The van der Waals surface area contributed by atoms with E-state index in [1.165, 1.54) is 5.06 Å². The molecule has 6 heteroatoms. The van der Waals surface area contributed by atoms with Gasteiger partial charge in [-0.1, -0.05) is 78.9 Å². The molecule has 1 heterocycles. The summed E-state index contributed by atoms with van der Waals surface area (Å²) in [7, 11) is 0. The van der Waals surface area contributed by atoms with Gasteiger partial charge in [0.25, 0.3) is 0 Å². The molecule has 3 aromatic rings. The van der Waals surface area contributed by atoms with E-state index in [2.05, 4.69) is 28.2 Å². The average molecular weight is 371 g/mol. The Hall–Kier alpha value is -3.64. The molecular formula is C22H21N5O. The van der Waals surface area contributed by atoms with Crippen molar-refractivity contribution >= 4 is 28.8 Å². The summed E-state index contributed by atoms with van der Waals surface area (Å²) in [5, 5.41) is 3.78. The van der Waals surface area contributed by atoms with Gasteiger partial charge in [0.2, 0.25) is 11.9 Å². The number of hydrogen-bond donors (Lipinski definition) is 2. The molecule has 0 amide bonds. The van der Waals surface area contributed by atoms with E-state index in [9.17, 15) is 0 Å². The lowest BCUT2D eigenvalue weighted by Crippen LogP contribution is -2.47. The average Bonchev–Trinajstić information content (AvgIpc) is 2.72. The summed E-state index contributed by atoms with van der Waals surface area (Å²) < 4.78 is 0. The van der Waals surface area contributed by atoms with Crippen LogP contribution < -0.4 is 11.5 Å². The Kier molecular flexibility index (Phi) is 5.03. The zero-order chi connectivity index (χ0) is 19.3. The van der Waals surface area contributed by atoms with Gasteiger partial charge >= 0.3 is 0 Å². The second-order valence-electron chi connectivity index (χ2n) is 6.38. The van der Waals surface area contributed by atoms with E-state index in [0.29, 0.717) is 6.61 Å². The van der Waals surface area contributed by atoms with Gasteiger partial charge in [-0.15, -0.1) is 0 Å². The van der Waals surface area contributed by atoms with E-state index < -0.39 is 6.17 Å². The number of benzene rings is 3. The molecule has 0 fully saturated rings. The quantitative estimate of drug-likeness (QED) is 0.720. The zero-order valence-electron chi connectivity index (χ0n) is 15.3. The van der Waals surface area contributed by atoms with Crippen LogP contribution in [0, 0.1) is 0 Å². The van der Waals surface area contributed by atoms with Crippen molar-refractivity contribution in [3.63, 3.8) is 0 Å². The lowest BCUT2D eigenvalue weighted by molar-refractivity contribution is -0.128. The van der Waals surface area contributed by atoms with Gasteiger partial charge in [0.1, 0.15) is 6.61 Å². The summed E-state index contributed by atoms with van der Waals surface area (Å²) in [6.07, 6.45) is 3.34. The lowest BCUT2D eigenvalue weighted by Gasteiger charge is -2.29. The van der Waals surface area contributed by atoms with Gasteiger partial charge in [0.05, 0.1) is 0 Å². The Morgan fingerprint density at radius 1 is 0.929 bits per heavy atom. The Bertz CT molecular complexity index is 1050. The maximum Gasteiger partial charge on any atom is 0.226 e. The molecule has 1 unspecified atom stereocenters. The number of rotatable bonds is 5. The van der Waals surface area contributed by atoms with Crippen molar-refractivity contribution in [1.29, 1.82) is 0 Å². The third-order valence-corrected chi connectivity index (χ3v) is 4.46. The van der Waals surface area contributed by atoms with Crippen molar-refractivity contribution in [3.05, 3.63) is 90.0 Å². The van der Waals surface area contributed by atoms with E-state index in [1.54, 1.807) is 0 Å². The first-order chi connectivity index (χ1) is 13.7. The van der Waals surface area contributed by atoms with Crippen molar-refractivity contribution in [2.24, 2.45) is 21.5 Å². The minimum absolute atomic E-state index is 0.130. The Balaban J connectivity index is 1.55. The normalized spacial score (nSPS) is 17.0. The molecule has 1 aliphatic heterocycles. The van der Waals surface area contributed by atoms with Gasteiger partial charge in [0.15, 0.2) is 6.17 Å². The molecule has 0 saturated carbocycles. The van der Waals surface area contributed by atoms with Gasteiger partial charge in [-0.25, -0.2) is 4.99 Å². The van der Waals surface area contributed by atoms with Crippen LogP contribution in [0.5, 0.6) is 0 Å². The molecule has 1 aliphatic rings. The molecule has 4 rings (SSSR count). The van der Waals surface area contributed by atoms with Crippen LogP contribution in [0.15, 0.2) is 88.9 Å². The molecule has 140 valence electrons. The van der Waals surface area contributed by atoms with Crippen LogP contribution in [0.1, 0.15) is 11.1 Å². The standard InChI is InChI=1S/C22H21N5O/c23-21-25-20(14-13-16-7-2-1-3-8-16)27(22(24)26-21)28-15-18-11-6-10-17-9-4-5-12-19(17)18/h1-14,20H,15H2,(H4,23,24,25,26)/b14-13+. The molecule has 1 atom stereocenters. The summed E-state index contributed by atoms with van der Waals surface area (Å²) in [4.78, 5) is 14.4. The SMILES string of the molecule is NC1=NC(/C=C/c2ccccc2)N(OCc2cccc3ccccc23)C(N)=N1. The fourth-order valence-electron chi connectivity index (χ4n) is 3.10. The first-order valence-electron chi connectivity index (χ1n) is 9.00. The van der Waals surface area contributed by atoms with Gasteiger partial charge in [0, 0.05) is 0 Å². The first-order valence-corrected chi connectivity index (χ1v) is 9.00. The van der Waals surface area contributed by atoms with Crippen molar-refractivity contribution in [3.8, 4) is 0 Å². The van der Waals surface area contributed by atoms with Crippen molar-refractivity contribution in [2.75, 3.05) is 0 Å². The van der Waals surface area contributed by atoms with E-state index in [4.69, 9.17) is 16.3 Å². The Morgan fingerprint density at radius 2 is 1.68 bits per heavy atom. The maximum absolute atomic E-state index is 6.06. The van der Waals surface area contributed by atoms with E-state index in [1.807, 2.05) is 66.7 Å². The fourth-order valence-corrected chi connectivity index (χ4v) is 3.10. The Morgan fingerprint density at radius 3 is 2.54 bits per heavy atom. The second kappa shape index (κ2) is 7.94. The third-order valence-electron chi connectivity index (χ3n) is 4.46. The van der Waals surface area contributed by atoms with Crippen molar-refractivity contribution < 1.29 is 4.84 Å². The molecule has 0 radical (unpaired) electrons. The third kappa shape index (κ3) is 3.87. The summed E-state index contributed by atoms with van der Waals surface area (Å²) in [5.74, 6) is 0.306. The number of nitrogens with zero attached hydrogens (tertiary/aromatic N) is 3. The van der Waals surface area contributed by atoms with Crippen molar-refractivity contribution in [2.45, 2.75) is 12.8 Å². The molecule has 6 nitrogen and oxygen atoms in total. The summed E-state index contributed by atoms with van der Waals surface area (Å²) in [6.45, 7) is 0.336. The van der Waals surface area contributed by atoms with Gasteiger partial charge in [-0.05, 0) is 28.0 Å². The van der Waals surface area contributed by atoms with Crippen LogP contribution in [-0.2, 0) is 11.4 Å². The molecule has 0 aliphatic carbocycles. The number of hydroxylamine groups is 2. The van der Waals surface area contributed by atoms with Gasteiger partial charge in [-0.3, -0.25) is 4.84 Å². The minimum atomic E-state index is -0.493. The number of fused-ring (bicyclic) bond motifs is 1. The zero-order valence-corrected chi connectivity index (χ0v) is 15.3. The molecular weight excluding hydrogens is 350 g/mol. The van der Waals surface area contributed by atoms with Crippen LogP contribution in [0.3, 0.4) is 0 Å². The van der Waals surface area contributed by atoms with Crippen LogP contribution in [0.25, 0.3) is 16.8 Å². The fraction of sp³-hybridized carbons (Fsp3) is 0.0909. The number of aliphatic imine (C=N–C) groups is 2. The van der Waals surface area contributed by atoms with Gasteiger partial charge in [-0.2, -0.15) is 10.1 Å². The van der Waals surface area contributed by atoms with E-state index >= 15 is 0 Å². The number of nitrogens with two attached hydrogens (primary N) is 2. The molecule has 4 N–H and O–H groups in total. The first kappa shape index (κ1) is 17.8. The molecule has 0 aromatic heterocycles. The molecule has 28 heavy (non-hydrogen) atoms. The highest BCUT2D eigenvalue weighted by molar-refractivity contribution is 5.95. The highest BCUT2D eigenvalue weighted by Gasteiger charge is 2.23. The predicted octanol–water partition coefficient (Wildman–Crippen LogP) is 3.26. The monoisotopic (exact) mass is 371 g/mol. The predicted molar refractivity (Wildman–Crippen MR) is 113 cm³/mol. The van der Waals surface area contributed by atoms with Crippen LogP contribution in [0.2, 0.25) is 0 Å². The van der Waals surface area contributed by atoms with Crippen LogP contribution in [0.4, 0.5) is 0 Å². The summed E-state index contributed by atoms with van der Waals surface area (Å²) in [6, 6.07) is 24.2. The topological polar surface area (TPSA) is 89.2 Å². The second-order valence-corrected chi connectivity index (χ2v) is 6.38. The largest absolute Gasteiger partial charge is 0.368 e. The maximum atomic E-state index is 6.06. The Labute approximate surface area is 163 Å². The minimum Gasteiger partial charge on any atom is -0.368 e. The smallest absolute Gasteiger partial charge is 0.226 e. The summed E-state index contributed by atoms with van der Waals surface area (Å²) in [5.41, 5.74) is 14.0. The van der Waals surface area contributed by atoms with Gasteiger partial charge < -0.3 is 11.5 Å². The number of guanidine groups is 2.